The van der Waals surface area contributed by atoms with Gasteiger partial charge in [-0.05, 0) is 26.2 Å². The molecule has 7 heteroatoms. The second-order valence-corrected chi connectivity index (χ2v) is 5.28. The summed E-state index contributed by atoms with van der Waals surface area (Å²) in [5.74, 6) is 0.869. The molecule has 3 rings (SSSR count). The molecule has 2 fully saturated rings. The summed E-state index contributed by atoms with van der Waals surface area (Å²) < 4.78 is 7.65. The zero-order valence-corrected chi connectivity index (χ0v) is 11.8. The predicted octanol–water partition coefficient (Wildman–Crippen LogP) is 0.153. The lowest BCUT2D eigenvalue weighted by atomic mass is 9.96. The Bertz CT molecular complexity index is 446. The van der Waals surface area contributed by atoms with E-state index in [1.807, 2.05) is 0 Å². The molecule has 0 amide bonds. The summed E-state index contributed by atoms with van der Waals surface area (Å²) in [5.41, 5.74) is 0. The average Bonchev–Trinajstić information content (AvgIpc) is 3.16. The van der Waals surface area contributed by atoms with Crippen molar-refractivity contribution in [2.24, 2.45) is 4.99 Å². The van der Waals surface area contributed by atoms with Crippen molar-refractivity contribution in [3.8, 4) is 0 Å². The highest BCUT2D eigenvalue weighted by atomic mass is 16.5. The van der Waals surface area contributed by atoms with E-state index in [4.69, 9.17) is 4.74 Å². The number of ether oxygens (including phenoxy) is 1. The van der Waals surface area contributed by atoms with Crippen molar-refractivity contribution >= 4 is 5.96 Å². The first-order valence-corrected chi connectivity index (χ1v) is 7.38. The van der Waals surface area contributed by atoms with Gasteiger partial charge in [0.1, 0.15) is 12.7 Å². The Hall–Kier alpha value is -1.63. The zero-order chi connectivity index (χ0) is 13.8. The summed E-state index contributed by atoms with van der Waals surface area (Å²) in [4.78, 5) is 8.51. The number of aromatic nitrogens is 3. The van der Waals surface area contributed by atoms with Gasteiger partial charge in [0.2, 0.25) is 0 Å². The molecule has 1 aromatic heterocycles. The Balaban J connectivity index is 1.52. The summed E-state index contributed by atoms with van der Waals surface area (Å²) in [6.45, 7) is 4.35. The van der Waals surface area contributed by atoms with E-state index in [2.05, 4.69) is 32.6 Å². The van der Waals surface area contributed by atoms with Crippen molar-refractivity contribution in [1.82, 2.24) is 25.4 Å². The van der Waals surface area contributed by atoms with Crippen LogP contribution in [0.15, 0.2) is 17.6 Å². The van der Waals surface area contributed by atoms with Crippen molar-refractivity contribution in [2.75, 3.05) is 13.1 Å². The number of nitrogens with one attached hydrogen (secondary N) is 2. The highest BCUT2D eigenvalue weighted by Gasteiger charge is 2.41. The summed E-state index contributed by atoms with van der Waals surface area (Å²) in [5, 5.41) is 10.9. The van der Waals surface area contributed by atoms with Crippen molar-refractivity contribution in [3.05, 3.63) is 12.7 Å². The Labute approximate surface area is 118 Å². The first kappa shape index (κ1) is 13.4. The zero-order valence-electron chi connectivity index (χ0n) is 11.8. The fourth-order valence-corrected chi connectivity index (χ4v) is 2.90. The van der Waals surface area contributed by atoms with Gasteiger partial charge in [-0.15, -0.1) is 0 Å². The highest BCUT2D eigenvalue weighted by Crippen LogP contribution is 2.34. The van der Waals surface area contributed by atoms with E-state index >= 15 is 0 Å². The van der Waals surface area contributed by atoms with Crippen molar-refractivity contribution in [1.29, 1.82) is 0 Å². The summed E-state index contributed by atoms with van der Waals surface area (Å²) >= 11 is 0. The number of rotatable bonds is 5. The Morgan fingerprint density at radius 3 is 3.10 bits per heavy atom. The topological polar surface area (TPSA) is 76.4 Å². The van der Waals surface area contributed by atoms with E-state index in [1.54, 1.807) is 17.3 Å². The fourth-order valence-electron chi connectivity index (χ4n) is 2.90. The van der Waals surface area contributed by atoms with Gasteiger partial charge >= 0.3 is 0 Å². The lowest BCUT2D eigenvalue weighted by molar-refractivity contribution is 0.0992. The number of nitrogens with zero attached hydrogens (tertiary/aromatic N) is 4. The van der Waals surface area contributed by atoms with Gasteiger partial charge in [0.15, 0.2) is 5.96 Å². The molecular formula is C13H22N6O. The van der Waals surface area contributed by atoms with Crippen LogP contribution in [-0.2, 0) is 11.3 Å². The van der Waals surface area contributed by atoms with Crippen LogP contribution in [0.2, 0.25) is 0 Å². The Kier molecular flexibility index (Phi) is 4.15. The van der Waals surface area contributed by atoms with Gasteiger partial charge in [-0.1, -0.05) is 0 Å². The van der Waals surface area contributed by atoms with Gasteiger partial charge in [-0.25, -0.2) is 4.98 Å². The molecule has 3 unspecified atom stereocenters. The lowest BCUT2D eigenvalue weighted by Gasteiger charge is -2.22. The van der Waals surface area contributed by atoms with E-state index < -0.39 is 0 Å². The van der Waals surface area contributed by atoms with Crippen molar-refractivity contribution in [2.45, 2.75) is 51.0 Å². The smallest absolute Gasteiger partial charge is 0.191 e. The minimum atomic E-state index is 0.360. The molecule has 20 heavy (non-hydrogen) atoms. The Morgan fingerprint density at radius 2 is 2.45 bits per heavy atom. The van der Waals surface area contributed by atoms with Crippen LogP contribution < -0.4 is 10.6 Å². The average molecular weight is 278 g/mol. The molecule has 2 saturated heterocycles. The standard InChI is InChI=1S/C13H22N6O/c1-2-15-13(16-5-6-19-9-14-8-17-19)18-11-7-10-3-4-12(11)20-10/h8-12H,2-7H2,1H3,(H2,15,16,18). The van der Waals surface area contributed by atoms with E-state index in [9.17, 15) is 0 Å². The molecule has 7 nitrogen and oxygen atoms in total. The largest absolute Gasteiger partial charge is 0.373 e. The molecule has 3 heterocycles. The first-order valence-electron chi connectivity index (χ1n) is 7.38. The monoisotopic (exact) mass is 278 g/mol. The second-order valence-electron chi connectivity index (χ2n) is 5.28. The molecule has 2 aliphatic rings. The number of hydrogen-bond donors (Lipinski definition) is 2. The maximum atomic E-state index is 5.86. The molecule has 0 aliphatic carbocycles. The maximum absolute atomic E-state index is 5.86. The number of aliphatic imine (C=N–C) groups is 1. The molecule has 0 spiro atoms. The van der Waals surface area contributed by atoms with Gasteiger partial charge in [0.05, 0.1) is 31.3 Å². The Morgan fingerprint density at radius 1 is 1.50 bits per heavy atom. The summed E-state index contributed by atoms with van der Waals surface area (Å²) in [6.07, 6.45) is 7.54. The van der Waals surface area contributed by atoms with E-state index in [1.165, 1.54) is 12.8 Å². The fraction of sp³-hybridized carbons (Fsp3) is 0.769. The normalized spacial score (nSPS) is 28.9. The third kappa shape index (κ3) is 3.09. The van der Waals surface area contributed by atoms with Crippen LogP contribution in [0.5, 0.6) is 0 Å². The van der Waals surface area contributed by atoms with E-state index in [0.29, 0.717) is 24.8 Å². The quantitative estimate of drug-likeness (QED) is 0.592. The lowest BCUT2D eigenvalue weighted by Crippen LogP contribution is -2.47. The van der Waals surface area contributed by atoms with Crippen LogP contribution in [0.3, 0.4) is 0 Å². The number of fused-ring (bicyclic) bond motifs is 2. The van der Waals surface area contributed by atoms with Crippen LogP contribution in [0.4, 0.5) is 0 Å². The number of hydrogen-bond acceptors (Lipinski definition) is 4. The predicted molar refractivity (Wildman–Crippen MR) is 75.4 cm³/mol. The van der Waals surface area contributed by atoms with E-state index in [-0.39, 0.29) is 0 Å². The molecule has 2 N–H and O–H groups in total. The van der Waals surface area contributed by atoms with Crippen LogP contribution in [-0.4, -0.2) is 52.1 Å². The molecule has 3 atom stereocenters. The summed E-state index contributed by atoms with van der Waals surface area (Å²) in [7, 11) is 0. The highest BCUT2D eigenvalue weighted by molar-refractivity contribution is 5.80. The molecule has 2 aliphatic heterocycles. The van der Waals surface area contributed by atoms with Gasteiger partial charge in [0.25, 0.3) is 0 Å². The van der Waals surface area contributed by atoms with Crippen LogP contribution in [0.1, 0.15) is 26.2 Å². The third-order valence-electron chi connectivity index (χ3n) is 3.84. The summed E-state index contributed by atoms with van der Waals surface area (Å²) in [6, 6.07) is 0.401. The molecular weight excluding hydrogens is 256 g/mol. The maximum Gasteiger partial charge on any atom is 0.191 e. The second kappa shape index (κ2) is 6.21. The SMILES string of the molecule is CCNC(=NCCn1cncn1)NC1CC2CCC1O2. The van der Waals surface area contributed by atoms with Gasteiger partial charge in [0, 0.05) is 6.54 Å². The molecule has 1 aromatic rings. The van der Waals surface area contributed by atoms with Crippen LogP contribution in [0, 0.1) is 0 Å². The molecule has 0 aromatic carbocycles. The molecule has 110 valence electrons. The minimum Gasteiger partial charge on any atom is -0.373 e. The molecule has 2 bridgehead atoms. The van der Waals surface area contributed by atoms with Gasteiger partial charge < -0.3 is 15.4 Å². The first-order chi connectivity index (χ1) is 9.85. The van der Waals surface area contributed by atoms with Crippen LogP contribution >= 0.6 is 0 Å². The van der Waals surface area contributed by atoms with Crippen molar-refractivity contribution < 1.29 is 4.74 Å². The van der Waals surface area contributed by atoms with Crippen molar-refractivity contribution in [3.63, 3.8) is 0 Å². The van der Waals surface area contributed by atoms with Gasteiger partial charge in [-0.2, -0.15) is 5.10 Å². The molecule has 0 radical (unpaired) electrons. The minimum absolute atomic E-state index is 0.360. The molecule has 0 saturated carbocycles. The number of guanidine groups is 1. The third-order valence-corrected chi connectivity index (χ3v) is 3.84. The van der Waals surface area contributed by atoms with Crippen LogP contribution in [0.25, 0.3) is 0 Å². The van der Waals surface area contributed by atoms with Gasteiger partial charge in [-0.3, -0.25) is 9.67 Å². The van der Waals surface area contributed by atoms with E-state index in [0.717, 1.165) is 25.5 Å².